The van der Waals surface area contributed by atoms with Crippen molar-refractivity contribution in [3.8, 4) is 0 Å². The number of fused-ring (bicyclic) bond motifs is 1. The number of hydrogen-bond donors (Lipinski definition) is 2. The molecular weight excluding hydrogens is 240 g/mol. The Labute approximate surface area is 113 Å². The first kappa shape index (κ1) is 14.1. The molecule has 0 aliphatic rings. The Hall–Kier alpha value is -1.36. The fraction of sp³-hybridized carbons (Fsp3) is 0.467. The van der Waals surface area contributed by atoms with Crippen LogP contribution >= 0.6 is 0 Å². The van der Waals surface area contributed by atoms with E-state index in [0.29, 0.717) is 6.42 Å². The highest BCUT2D eigenvalue weighted by molar-refractivity contribution is 5.83. The van der Waals surface area contributed by atoms with Crippen LogP contribution in [-0.4, -0.2) is 46.0 Å². The predicted molar refractivity (Wildman–Crippen MR) is 77.0 cm³/mol. The van der Waals surface area contributed by atoms with Gasteiger partial charge in [0.15, 0.2) is 0 Å². The third-order valence-corrected chi connectivity index (χ3v) is 3.70. The lowest BCUT2D eigenvalue weighted by atomic mass is 10.1. The van der Waals surface area contributed by atoms with Crippen LogP contribution in [0.2, 0.25) is 0 Å². The lowest BCUT2D eigenvalue weighted by molar-refractivity contribution is 0.115. The quantitative estimate of drug-likeness (QED) is 0.826. The van der Waals surface area contributed by atoms with Gasteiger partial charge in [0.05, 0.1) is 6.61 Å². The van der Waals surface area contributed by atoms with Gasteiger partial charge < -0.3 is 14.8 Å². The molecule has 0 radical (unpaired) electrons. The molecule has 0 saturated carbocycles. The average Bonchev–Trinajstić information content (AvgIpc) is 2.73. The highest BCUT2D eigenvalue weighted by Crippen LogP contribution is 2.22. The molecule has 0 saturated heterocycles. The van der Waals surface area contributed by atoms with E-state index in [0.717, 1.165) is 6.54 Å². The summed E-state index contributed by atoms with van der Waals surface area (Å²) in [6.07, 6.45) is 2.73. The highest BCUT2D eigenvalue weighted by atomic mass is 16.3. The zero-order valence-electron chi connectivity index (χ0n) is 11.6. The zero-order valence-corrected chi connectivity index (χ0v) is 11.6. The number of aromatic nitrogens is 1. The van der Waals surface area contributed by atoms with Gasteiger partial charge in [0, 0.05) is 43.3 Å². The van der Waals surface area contributed by atoms with E-state index in [1.54, 1.807) is 0 Å². The van der Waals surface area contributed by atoms with Gasteiger partial charge in [0.2, 0.25) is 0 Å². The minimum atomic E-state index is 0.00367. The number of aliphatic hydroxyl groups is 2. The van der Waals surface area contributed by atoms with Crippen LogP contribution in [0.15, 0.2) is 30.5 Å². The highest BCUT2D eigenvalue weighted by Gasteiger charge is 2.15. The molecule has 0 aliphatic heterocycles. The molecule has 2 aromatic rings. The normalized spacial score (nSPS) is 13.3. The number of aliphatic hydroxyl groups excluding tert-OH is 2. The van der Waals surface area contributed by atoms with E-state index in [1.807, 2.05) is 26.2 Å². The number of nitrogens with zero attached hydrogens (tertiary/aromatic N) is 2. The molecule has 104 valence electrons. The lowest BCUT2D eigenvalue weighted by Gasteiger charge is -2.25. The third-order valence-electron chi connectivity index (χ3n) is 3.70. The second kappa shape index (κ2) is 6.19. The summed E-state index contributed by atoms with van der Waals surface area (Å²) < 4.78 is 2.12. The number of benzene rings is 1. The second-order valence-electron chi connectivity index (χ2n) is 5.05. The number of aryl methyl sites for hydroxylation is 1. The topological polar surface area (TPSA) is 48.6 Å². The molecule has 0 spiro atoms. The van der Waals surface area contributed by atoms with Crippen LogP contribution in [0.3, 0.4) is 0 Å². The van der Waals surface area contributed by atoms with Crippen molar-refractivity contribution in [1.29, 1.82) is 0 Å². The van der Waals surface area contributed by atoms with Gasteiger partial charge in [0.25, 0.3) is 0 Å². The van der Waals surface area contributed by atoms with Crippen LogP contribution in [0, 0.1) is 0 Å². The summed E-state index contributed by atoms with van der Waals surface area (Å²) in [5.74, 6) is 0. The molecule has 0 bridgehead atoms. The number of hydrogen-bond acceptors (Lipinski definition) is 3. The van der Waals surface area contributed by atoms with E-state index in [9.17, 15) is 5.11 Å². The van der Waals surface area contributed by atoms with Crippen molar-refractivity contribution in [2.45, 2.75) is 19.0 Å². The number of para-hydroxylation sites is 1. The van der Waals surface area contributed by atoms with Crippen molar-refractivity contribution < 1.29 is 10.2 Å². The smallest absolute Gasteiger partial charge is 0.0587 e. The maximum absolute atomic E-state index is 9.37. The monoisotopic (exact) mass is 262 g/mol. The Balaban J connectivity index is 2.21. The van der Waals surface area contributed by atoms with E-state index in [1.165, 1.54) is 16.5 Å². The minimum absolute atomic E-state index is 0.00367. The fourth-order valence-electron chi connectivity index (χ4n) is 2.55. The van der Waals surface area contributed by atoms with Gasteiger partial charge in [-0.05, 0) is 25.1 Å². The van der Waals surface area contributed by atoms with Crippen LogP contribution in [0.1, 0.15) is 12.0 Å². The van der Waals surface area contributed by atoms with Crippen molar-refractivity contribution >= 4 is 10.9 Å². The Morgan fingerprint density at radius 2 is 2.00 bits per heavy atom. The summed E-state index contributed by atoms with van der Waals surface area (Å²) in [6, 6.07) is 8.32. The van der Waals surface area contributed by atoms with Gasteiger partial charge in [-0.3, -0.25) is 4.90 Å². The second-order valence-corrected chi connectivity index (χ2v) is 5.05. The van der Waals surface area contributed by atoms with E-state index >= 15 is 0 Å². The van der Waals surface area contributed by atoms with Crippen LogP contribution in [0.25, 0.3) is 10.9 Å². The van der Waals surface area contributed by atoms with Gasteiger partial charge in [0.1, 0.15) is 0 Å². The van der Waals surface area contributed by atoms with Crippen molar-refractivity contribution in [2.75, 3.05) is 20.3 Å². The van der Waals surface area contributed by atoms with Gasteiger partial charge in [-0.25, -0.2) is 0 Å². The molecular formula is C15H22N2O2. The van der Waals surface area contributed by atoms with E-state index < -0.39 is 0 Å². The summed E-state index contributed by atoms with van der Waals surface area (Å²) in [4.78, 5) is 2.10. The molecule has 1 aromatic heterocycles. The molecule has 0 fully saturated rings. The van der Waals surface area contributed by atoms with Crippen molar-refractivity contribution in [3.63, 3.8) is 0 Å². The SMILES string of the molecule is CN(Cc1cn(C)c2ccccc12)C(CO)CCO. The maximum Gasteiger partial charge on any atom is 0.0587 e. The largest absolute Gasteiger partial charge is 0.396 e. The molecule has 0 aliphatic carbocycles. The molecule has 1 atom stereocenters. The van der Waals surface area contributed by atoms with Gasteiger partial charge in [-0.2, -0.15) is 0 Å². The Morgan fingerprint density at radius 3 is 2.68 bits per heavy atom. The first-order chi connectivity index (χ1) is 9.17. The van der Waals surface area contributed by atoms with Crippen LogP contribution in [0.4, 0.5) is 0 Å². The van der Waals surface area contributed by atoms with E-state index in [4.69, 9.17) is 5.11 Å². The first-order valence-electron chi connectivity index (χ1n) is 6.62. The van der Waals surface area contributed by atoms with E-state index in [-0.39, 0.29) is 19.3 Å². The molecule has 4 nitrogen and oxygen atoms in total. The van der Waals surface area contributed by atoms with Gasteiger partial charge in [-0.1, -0.05) is 18.2 Å². The average molecular weight is 262 g/mol. The van der Waals surface area contributed by atoms with Crippen LogP contribution in [-0.2, 0) is 13.6 Å². The van der Waals surface area contributed by atoms with E-state index in [2.05, 4.69) is 27.8 Å². The fourth-order valence-corrected chi connectivity index (χ4v) is 2.55. The zero-order chi connectivity index (χ0) is 13.8. The molecule has 1 unspecified atom stereocenters. The Morgan fingerprint density at radius 1 is 1.26 bits per heavy atom. The Bertz CT molecular complexity index is 536. The molecule has 2 rings (SSSR count). The van der Waals surface area contributed by atoms with Gasteiger partial charge in [-0.15, -0.1) is 0 Å². The third kappa shape index (κ3) is 2.97. The summed E-state index contributed by atoms with van der Waals surface area (Å²) in [5, 5.41) is 19.6. The number of likely N-dealkylation sites (N-methyl/N-ethyl adjacent to an activating group) is 1. The summed E-state index contributed by atoms with van der Waals surface area (Å²) in [6.45, 7) is 0.944. The summed E-state index contributed by atoms with van der Waals surface area (Å²) in [7, 11) is 4.03. The standard InChI is InChI=1S/C15H22N2O2/c1-16(13(11-19)7-8-18)9-12-10-17(2)15-6-4-3-5-14(12)15/h3-6,10,13,18-19H,7-9,11H2,1-2H3. The maximum atomic E-state index is 9.37. The molecule has 1 aromatic carbocycles. The first-order valence-corrected chi connectivity index (χ1v) is 6.62. The minimum Gasteiger partial charge on any atom is -0.396 e. The molecule has 19 heavy (non-hydrogen) atoms. The number of rotatable bonds is 6. The van der Waals surface area contributed by atoms with Crippen LogP contribution < -0.4 is 0 Å². The van der Waals surface area contributed by atoms with Crippen molar-refractivity contribution in [2.24, 2.45) is 7.05 Å². The van der Waals surface area contributed by atoms with Crippen LogP contribution in [0.5, 0.6) is 0 Å². The summed E-state index contributed by atoms with van der Waals surface area (Å²) >= 11 is 0. The predicted octanol–water partition coefficient (Wildman–Crippen LogP) is 1.35. The van der Waals surface area contributed by atoms with Gasteiger partial charge >= 0.3 is 0 Å². The Kier molecular flexibility index (Phi) is 4.58. The summed E-state index contributed by atoms with van der Waals surface area (Å²) in [5.41, 5.74) is 2.46. The van der Waals surface area contributed by atoms with Crippen molar-refractivity contribution in [1.82, 2.24) is 9.47 Å². The molecule has 2 N–H and O–H groups in total. The van der Waals surface area contributed by atoms with Crippen molar-refractivity contribution in [3.05, 3.63) is 36.0 Å². The molecule has 4 heteroatoms. The lowest BCUT2D eigenvalue weighted by Crippen LogP contribution is -2.35. The molecule has 1 heterocycles. The molecule has 0 amide bonds.